The summed E-state index contributed by atoms with van der Waals surface area (Å²) in [5, 5.41) is 4.40. The lowest BCUT2D eigenvalue weighted by Crippen LogP contribution is -2.19. The third kappa shape index (κ3) is 3.19. The van der Waals surface area contributed by atoms with Crippen molar-refractivity contribution in [3.63, 3.8) is 0 Å². The van der Waals surface area contributed by atoms with Gasteiger partial charge in [-0.3, -0.25) is 0 Å². The summed E-state index contributed by atoms with van der Waals surface area (Å²) in [4.78, 5) is 8.06. The molecule has 1 heterocycles. The fourth-order valence-corrected chi connectivity index (χ4v) is 2.10. The Balaban J connectivity index is 2.18. The van der Waals surface area contributed by atoms with Crippen LogP contribution in [0.1, 0.15) is 17.2 Å². The van der Waals surface area contributed by atoms with E-state index in [0.717, 1.165) is 17.5 Å². The van der Waals surface area contributed by atoms with Crippen molar-refractivity contribution in [2.24, 2.45) is 0 Å². The van der Waals surface area contributed by atoms with Crippen LogP contribution in [0.2, 0.25) is 10.0 Å². The standard InChI is InChI=1S/C13H13Cl2N3/c1-16-13(10-6-17-8-18-7-10)5-9-2-3-11(14)12(15)4-9/h2-4,6-8,13,16H,5H2,1H3. The summed E-state index contributed by atoms with van der Waals surface area (Å²) in [5.41, 5.74) is 2.17. The van der Waals surface area contributed by atoms with Gasteiger partial charge in [0.25, 0.3) is 0 Å². The number of likely N-dealkylation sites (N-methyl/N-ethyl adjacent to an activating group) is 1. The van der Waals surface area contributed by atoms with E-state index in [4.69, 9.17) is 23.2 Å². The Labute approximate surface area is 116 Å². The largest absolute Gasteiger partial charge is 0.313 e. The summed E-state index contributed by atoms with van der Waals surface area (Å²) >= 11 is 11.9. The Morgan fingerprint density at radius 3 is 2.50 bits per heavy atom. The van der Waals surface area contributed by atoms with E-state index >= 15 is 0 Å². The predicted octanol–water partition coefficient (Wildman–Crippen LogP) is 3.29. The third-order valence-corrected chi connectivity index (χ3v) is 3.49. The van der Waals surface area contributed by atoms with Crippen LogP contribution >= 0.6 is 23.2 Å². The highest BCUT2D eigenvalue weighted by atomic mass is 35.5. The number of nitrogens with zero attached hydrogens (tertiary/aromatic N) is 2. The SMILES string of the molecule is CNC(Cc1ccc(Cl)c(Cl)c1)c1cncnc1. The minimum atomic E-state index is 0.156. The first-order valence-electron chi connectivity index (χ1n) is 5.57. The molecule has 0 aliphatic heterocycles. The van der Waals surface area contributed by atoms with Crippen LogP contribution in [-0.4, -0.2) is 17.0 Å². The average molecular weight is 282 g/mol. The van der Waals surface area contributed by atoms with Gasteiger partial charge in [-0.05, 0) is 31.2 Å². The van der Waals surface area contributed by atoms with Crippen LogP contribution in [0.4, 0.5) is 0 Å². The molecule has 2 rings (SSSR count). The molecule has 0 saturated carbocycles. The smallest absolute Gasteiger partial charge is 0.115 e. The monoisotopic (exact) mass is 281 g/mol. The second kappa shape index (κ2) is 6.14. The van der Waals surface area contributed by atoms with Crippen LogP contribution < -0.4 is 5.32 Å². The average Bonchev–Trinajstić information content (AvgIpc) is 2.41. The highest BCUT2D eigenvalue weighted by Gasteiger charge is 2.11. The highest BCUT2D eigenvalue weighted by Crippen LogP contribution is 2.25. The highest BCUT2D eigenvalue weighted by molar-refractivity contribution is 6.42. The molecule has 0 amide bonds. The van der Waals surface area contributed by atoms with Gasteiger partial charge in [-0.1, -0.05) is 29.3 Å². The molecule has 1 aromatic heterocycles. The van der Waals surface area contributed by atoms with Crippen LogP contribution in [0.3, 0.4) is 0 Å². The molecule has 1 aromatic carbocycles. The van der Waals surface area contributed by atoms with E-state index in [2.05, 4.69) is 15.3 Å². The van der Waals surface area contributed by atoms with Gasteiger partial charge in [-0.25, -0.2) is 9.97 Å². The van der Waals surface area contributed by atoms with Gasteiger partial charge >= 0.3 is 0 Å². The summed E-state index contributed by atoms with van der Waals surface area (Å²) in [7, 11) is 1.91. The molecule has 3 nitrogen and oxygen atoms in total. The minimum Gasteiger partial charge on any atom is -0.313 e. The van der Waals surface area contributed by atoms with Gasteiger partial charge in [-0.2, -0.15) is 0 Å². The van der Waals surface area contributed by atoms with E-state index in [9.17, 15) is 0 Å². The summed E-state index contributed by atoms with van der Waals surface area (Å²) in [6.45, 7) is 0. The van der Waals surface area contributed by atoms with Gasteiger partial charge in [0.05, 0.1) is 10.0 Å². The second-order valence-electron chi connectivity index (χ2n) is 3.97. The van der Waals surface area contributed by atoms with E-state index in [1.165, 1.54) is 6.33 Å². The molecule has 0 fully saturated rings. The molecule has 0 aliphatic carbocycles. The van der Waals surface area contributed by atoms with Crippen molar-refractivity contribution in [3.05, 3.63) is 58.1 Å². The number of nitrogens with one attached hydrogen (secondary N) is 1. The lowest BCUT2D eigenvalue weighted by atomic mass is 10.0. The molecule has 94 valence electrons. The lowest BCUT2D eigenvalue weighted by Gasteiger charge is -2.16. The zero-order valence-electron chi connectivity index (χ0n) is 9.90. The van der Waals surface area contributed by atoms with Gasteiger partial charge in [0.2, 0.25) is 0 Å². The molecular formula is C13H13Cl2N3. The van der Waals surface area contributed by atoms with E-state index < -0.39 is 0 Å². The van der Waals surface area contributed by atoms with Crippen LogP contribution in [-0.2, 0) is 6.42 Å². The number of benzene rings is 1. The molecule has 5 heteroatoms. The van der Waals surface area contributed by atoms with Crippen molar-refractivity contribution in [3.8, 4) is 0 Å². The van der Waals surface area contributed by atoms with Crippen LogP contribution in [0.5, 0.6) is 0 Å². The van der Waals surface area contributed by atoms with Gasteiger partial charge < -0.3 is 5.32 Å². The minimum absolute atomic E-state index is 0.156. The van der Waals surface area contributed by atoms with Gasteiger partial charge in [0, 0.05) is 24.0 Å². The van der Waals surface area contributed by atoms with Crippen molar-refractivity contribution < 1.29 is 0 Å². The maximum Gasteiger partial charge on any atom is 0.115 e. The Kier molecular flexibility index (Phi) is 4.53. The molecule has 0 saturated heterocycles. The molecule has 2 aromatic rings. The lowest BCUT2D eigenvalue weighted by molar-refractivity contribution is 0.587. The zero-order valence-corrected chi connectivity index (χ0v) is 11.4. The molecule has 0 bridgehead atoms. The quantitative estimate of drug-likeness (QED) is 0.935. The van der Waals surface area contributed by atoms with Crippen molar-refractivity contribution in [1.29, 1.82) is 0 Å². The summed E-state index contributed by atoms with van der Waals surface area (Å²) < 4.78 is 0. The fraction of sp³-hybridized carbons (Fsp3) is 0.231. The van der Waals surface area contributed by atoms with E-state index in [1.54, 1.807) is 0 Å². The topological polar surface area (TPSA) is 37.8 Å². The van der Waals surface area contributed by atoms with Gasteiger partial charge in [-0.15, -0.1) is 0 Å². The van der Waals surface area contributed by atoms with Crippen LogP contribution in [0.25, 0.3) is 0 Å². The van der Waals surface area contributed by atoms with Crippen LogP contribution in [0, 0.1) is 0 Å². The van der Waals surface area contributed by atoms with E-state index in [-0.39, 0.29) is 6.04 Å². The maximum atomic E-state index is 6.01. The van der Waals surface area contributed by atoms with Crippen molar-refractivity contribution in [2.75, 3.05) is 7.05 Å². The molecule has 0 spiro atoms. The molecular weight excluding hydrogens is 269 g/mol. The van der Waals surface area contributed by atoms with E-state index in [1.807, 2.05) is 37.6 Å². The Hall–Kier alpha value is -1.16. The summed E-state index contributed by atoms with van der Waals surface area (Å²) in [5.74, 6) is 0. The maximum absolute atomic E-state index is 6.01. The summed E-state index contributed by atoms with van der Waals surface area (Å²) in [6, 6.07) is 5.83. The molecule has 1 N–H and O–H groups in total. The third-order valence-electron chi connectivity index (χ3n) is 2.76. The fourth-order valence-electron chi connectivity index (χ4n) is 1.78. The second-order valence-corrected chi connectivity index (χ2v) is 4.78. The van der Waals surface area contributed by atoms with E-state index in [0.29, 0.717) is 10.0 Å². The molecule has 0 radical (unpaired) electrons. The number of halogens is 2. The summed E-state index contributed by atoms with van der Waals surface area (Å²) in [6.07, 6.45) is 5.95. The Morgan fingerprint density at radius 2 is 1.89 bits per heavy atom. The molecule has 0 aliphatic rings. The number of aromatic nitrogens is 2. The molecule has 1 unspecified atom stereocenters. The number of hydrogen-bond donors (Lipinski definition) is 1. The van der Waals surface area contributed by atoms with Crippen molar-refractivity contribution in [2.45, 2.75) is 12.5 Å². The van der Waals surface area contributed by atoms with Crippen molar-refractivity contribution >= 4 is 23.2 Å². The first-order valence-corrected chi connectivity index (χ1v) is 6.32. The predicted molar refractivity (Wildman–Crippen MR) is 74.0 cm³/mol. The van der Waals surface area contributed by atoms with Gasteiger partial charge in [0.15, 0.2) is 0 Å². The van der Waals surface area contributed by atoms with Gasteiger partial charge in [0.1, 0.15) is 6.33 Å². The number of rotatable bonds is 4. The van der Waals surface area contributed by atoms with Crippen molar-refractivity contribution in [1.82, 2.24) is 15.3 Å². The molecule has 18 heavy (non-hydrogen) atoms. The Morgan fingerprint density at radius 1 is 1.17 bits per heavy atom. The van der Waals surface area contributed by atoms with Crippen LogP contribution in [0.15, 0.2) is 36.9 Å². The number of hydrogen-bond acceptors (Lipinski definition) is 3. The zero-order chi connectivity index (χ0) is 13.0. The first kappa shape index (κ1) is 13.3. The first-order chi connectivity index (χ1) is 8.70. The Bertz CT molecular complexity index is 517. The normalized spacial score (nSPS) is 12.4. The molecule has 1 atom stereocenters.